The number of aromatic amines is 1. The van der Waals surface area contributed by atoms with E-state index < -0.39 is 39.7 Å². The van der Waals surface area contributed by atoms with Gasteiger partial charge in [-0.25, -0.2) is 14.3 Å². The molecule has 4 aromatic rings. The van der Waals surface area contributed by atoms with Crippen molar-refractivity contribution in [3.8, 4) is 0 Å². The minimum Gasteiger partial charge on any atom is -0.290 e. The minimum atomic E-state index is -4.79. The molecule has 0 radical (unpaired) electrons. The lowest BCUT2D eigenvalue weighted by Gasteiger charge is -2.16. The van der Waals surface area contributed by atoms with E-state index in [1.54, 1.807) is 18.2 Å². The fraction of sp³-hybridized carbons (Fsp3) is 0.222. The predicted molar refractivity (Wildman–Crippen MR) is 108 cm³/mol. The van der Waals surface area contributed by atoms with Gasteiger partial charge in [0.05, 0.1) is 39.0 Å². The molecule has 1 aromatic carbocycles. The zero-order valence-electron chi connectivity index (χ0n) is 15.3. The number of halogens is 4. The van der Waals surface area contributed by atoms with Crippen molar-refractivity contribution in [2.45, 2.75) is 23.7 Å². The second kappa shape index (κ2) is 6.76. The molecule has 4 heterocycles. The average Bonchev–Trinajstić information content (AvgIpc) is 2.90. The Morgan fingerprint density at radius 3 is 2.71 bits per heavy atom. The van der Waals surface area contributed by atoms with E-state index in [2.05, 4.69) is 10.1 Å². The number of hydrogen-bond acceptors (Lipinski definition) is 5. The third kappa shape index (κ3) is 3.00. The number of pyridine rings is 1. The van der Waals surface area contributed by atoms with Gasteiger partial charge in [0, 0.05) is 11.9 Å². The number of fused-ring (bicyclic) bond motifs is 1. The van der Waals surface area contributed by atoms with Crippen LogP contribution in [-0.2, 0) is 12.7 Å². The van der Waals surface area contributed by atoms with Crippen LogP contribution in [0.1, 0.15) is 11.6 Å². The van der Waals surface area contributed by atoms with Crippen LogP contribution in [0.2, 0.25) is 5.02 Å². The van der Waals surface area contributed by atoms with Gasteiger partial charge in [-0.15, -0.1) is 16.9 Å². The summed E-state index contributed by atoms with van der Waals surface area (Å²) in [7, 11) is 0. The molecule has 1 N–H and O–H groups in total. The summed E-state index contributed by atoms with van der Waals surface area (Å²) in [6, 6.07) is 4.97. The van der Waals surface area contributed by atoms with Crippen LogP contribution in [0.25, 0.3) is 16.6 Å². The molecule has 1 atom stereocenters. The van der Waals surface area contributed by atoms with Gasteiger partial charge >= 0.3 is 17.6 Å². The van der Waals surface area contributed by atoms with Gasteiger partial charge in [-0.05, 0) is 18.2 Å². The van der Waals surface area contributed by atoms with Crippen LogP contribution in [0.3, 0.4) is 0 Å². The SMILES string of the molecule is O=c1[nH]c(=O)n2c3c(c(Cl)c(C(F)(F)F)cc13)SC[C@@H](n1nc3ccccn3c1=O)C2. The number of nitrogens with zero attached hydrogens (tertiary/aromatic N) is 4. The normalized spacial score (nSPS) is 16.7. The Balaban J connectivity index is 1.76. The second-order valence-electron chi connectivity index (χ2n) is 6.95. The second-order valence-corrected chi connectivity index (χ2v) is 8.36. The molecule has 5 rings (SSSR count). The molecule has 0 bridgehead atoms. The number of hydrogen-bond donors (Lipinski definition) is 1. The fourth-order valence-corrected chi connectivity index (χ4v) is 5.30. The van der Waals surface area contributed by atoms with Crippen LogP contribution in [-0.4, -0.2) is 29.5 Å². The Kier molecular flexibility index (Phi) is 4.35. The minimum absolute atomic E-state index is 0.0102. The van der Waals surface area contributed by atoms with Gasteiger partial charge in [0.2, 0.25) is 0 Å². The van der Waals surface area contributed by atoms with Crippen LogP contribution in [0.4, 0.5) is 13.2 Å². The molecule has 31 heavy (non-hydrogen) atoms. The van der Waals surface area contributed by atoms with Crippen LogP contribution in [0.5, 0.6) is 0 Å². The number of benzene rings is 1. The summed E-state index contributed by atoms with van der Waals surface area (Å²) in [5.41, 5.74) is -2.97. The Labute approximate surface area is 178 Å². The topological polar surface area (TPSA) is 94.2 Å². The molecule has 1 aliphatic heterocycles. The Bertz CT molecular complexity index is 1550. The lowest BCUT2D eigenvalue weighted by molar-refractivity contribution is -0.137. The highest BCUT2D eigenvalue weighted by atomic mass is 35.5. The van der Waals surface area contributed by atoms with Gasteiger partial charge in [-0.3, -0.25) is 18.7 Å². The highest BCUT2D eigenvalue weighted by Crippen LogP contribution is 2.44. The molecule has 0 saturated carbocycles. The number of aromatic nitrogens is 5. The van der Waals surface area contributed by atoms with E-state index in [-0.39, 0.29) is 28.1 Å². The summed E-state index contributed by atoms with van der Waals surface area (Å²) in [4.78, 5) is 39.7. The standard InChI is InChI=1S/C18H11ClF3N5O3S/c19-12-10(18(20,21)22)5-9-13-14(12)31-7-8(6-26(13)16(29)23-15(9)28)27-17(30)25-4-2-1-3-11(25)24-27/h1-5,8H,6-7H2,(H,23,28,29)/t8-/m0/s1. The smallest absolute Gasteiger partial charge is 0.290 e. The van der Waals surface area contributed by atoms with Crippen molar-refractivity contribution in [2.75, 3.05) is 5.75 Å². The van der Waals surface area contributed by atoms with Gasteiger partial charge < -0.3 is 0 Å². The molecule has 8 nitrogen and oxygen atoms in total. The zero-order chi connectivity index (χ0) is 22.1. The molecular formula is C18H11ClF3N5O3S. The van der Waals surface area contributed by atoms with Gasteiger partial charge in [-0.2, -0.15) is 13.2 Å². The molecule has 0 unspecified atom stereocenters. The summed E-state index contributed by atoms with van der Waals surface area (Å²) in [6.45, 7) is -0.0857. The summed E-state index contributed by atoms with van der Waals surface area (Å²) in [5.74, 6) is 0.106. The summed E-state index contributed by atoms with van der Waals surface area (Å²) < 4.78 is 44.2. The van der Waals surface area contributed by atoms with E-state index in [1.165, 1.54) is 15.3 Å². The first-order chi connectivity index (χ1) is 14.7. The number of nitrogens with one attached hydrogen (secondary N) is 1. The molecule has 0 amide bonds. The van der Waals surface area contributed by atoms with E-state index in [4.69, 9.17) is 11.6 Å². The van der Waals surface area contributed by atoms with E-state index in [0.717, 1.165) is 16.3 Å². The Morgan fingerprint density at radius 2 is 2.00 bits per heavy atom. The largest absolute Gasteiger partial charge is 0.417 e. The first-order valence-corrected chi connectivity index (χ1v) is 10.3. The summed E-state index contributed by atoms with van der Waals surface area (Å²) >= 11 is 7.03. The first-order valence-electron chi connectivity index (χ1n) is 8.92. The molecule has 160 valence electrons. The lowest BCUT2D eigenvalue weighted by atomic mass is 10.1. The maximum atomic E-state index is 13.5. The predicted octanol–water partition coefficient (Wildman–Crippen LogP) is 2.52. The van der Waals surface area contributed by atoms with Gasteiger partial charge in [0.25, 0.3) is 5.56 Å². The van der Waals surface area contributed by atoms with Crippen molar-refractivity contribution in [2.24, 2.45) is 0 Å². The van der Waals surface area contributed by atoms with E-state index >= 15 is 0 Å². The first kappa shape index (κ1) is 19.9. The molecule has 1 aliphatic rings. The van der Waals surface area contributed by atoms with E-state index in [9.17, 15) is 27.6 Å². The maximum absolute atomic E-state index is 13.5. The molecule has 13 heteroatoms. The van der Waals surface area contributed by atoms with Crippen molar-refractivity contribution < 1.29 is 13.2 Å². The number of alkyl halides is 3. The van der Waals surface area contributed by atoms with Gasteiger partial charge in [0.15, 0.2) is 5.65 Å². The third-order valence-corrected chi connectivity index (χ3v) is 6.83. The number of H-pyrrole nitrogens is 1. The molecule has 0 spiro atoms. The quantitative estimate of drug-likeness (QED) is 0.462. The Hall–Kier alpha value is -2.99. The maximum Gasteiger partial charge on any atom is 0.417 e. The molecule has 3 aromatic heterocycles. The monoisotopic (exact) mass is 469 g/mol. The van der Waals surface area contributed by atoms with Crippen molar-refractivity contribution in [3.63, 3.8) is 0 Å². The summed E-state index contributed by atoms with van der Waals surface area (Å²) in [6.07, 6.45) is -3.25. The van der Waals surface area contributed by atoms with Crippen molar-refractivity contribution in [3.05, 3.63) is 72.4 Å². The summed E-state index contributed by atoms with van der Waals surface area (Å²) in [5, 5.41) is 3.39. The number of thioether (sulfide) groups is 1. The van der Waals surface area contributed by atoms with Crippen LogP contribution >= 0.6 is 23.4 Å². The lowest BCUT2D eigenvalue weighted by Crippen LogP contribution is -2.35. The van der Waals surface area contributed by atoms with Crippen LogP contribution in [0, 0.1) is 0 Å². The van der Waals surface area contributed by atoms with Crippen molar-refractivity contribution in [1.29, 1.82) is 0 Å². The highest BCUT2D eigenvalue weighted by molar-refractivity contribution is 7.99. The molecule has 0 fully saturated rings. The van der Waals surface area contributed by atoms with Gasteiger partial charge in [0.1, 0.15) is 0 Å². The number of rotatable bonds is 1. The third-order valence-electron chi connectivity index (χ3n) is 5.09. The van der Waals surface area contributed by atoms with Crippen molar-refractivity contribution >= 4 is 39.9 Å². The zero-order valence-corrected chi connectivity index (χ0v) is 16.9. The highest BCUT2D eigenvalue weighted by Gasteiger charge is 2.37. The van der Waals surface area contributed by atoms with E-state index in [1.807, 2.05) is 0 Å². The van der Waals surface area contributed by atoms with Gasteiger partial charge in [-0.1, -0.05) is 17.7 Å². The van der Waals surface area contributed by atoms with E-state index in [0.29, 0.717) is 11.7 Å². The van der Waals surface area contributed by atoms with Crippen molar-refractivity contribution in [1.82, 2.24) is 23.7 Å². The Morgan fingerprint density at radius 1 is 1.23 bits per heavy atom. The average molecular weight is 470 g/mol. The molecular weight excluding hydrogens is 459 g/mol. The fourth-order valence-electron chi connectivity index (χ4n) is 3.68. The van der Waals surface area contributed by atoms with Crippen LogP contribution in [0.15, 0.2) is 49.7 Å². The molecule has 0 saturated heterocycles. The van der Waals surface area contributed by atoms with Crippen LogP contribution < -0.4 is 16.9 Å². The molecule has 0 aliphatic carbocycles.